The Morgan fingerprint density at radius 3 is 2.74 bits per heavy atom. The summed E-state index contributed by atoms with van der Waals surface area (Å²) in [5, 5.41) is 8.99. The molecule has 1 aliphatic heterocycles. The van der Waals surface area contributed by atoms with Crippen molar-refractivity contribution < 1.29 is 4.74 Å². The van der Waals surface area contributed by atoms with Crippen molar-refractivity contribution in [2.75, 3.05) is 44.7 Å². The van der Waals surface area contributed by atoms with Gasteiger partial charge in [0.05, 0.1) is 24.8 Å². The number of morpholine rings is 1. The van der Waals surface area contributed by atoms with E-state index in [-0.39, 0.29) is 0 Å². The van der Waals surface area contributed by atoms with Crippen LogP contribution in [0.4, 0.5) is 5.82 Å². The molecule has 0 radical (unpaired) electrons. The topological polar surface area (TPSA) is 68.1 Å². The summed E-state index contributed by atoms with van der Waals surface area (Å²) in [6.07, 6.45) is 10.5. The van der Waals surface area contributed by atoms with E-state index < -0.39 is 0 Å². The molecule has 0 atom stereocenters. The van der Waals surface area contributed by atoms with Crippen LogP contribution in [0.15, 0.2) is 6.20 Å². The van der Waals surface area contributed by atoms with Crippen LogP contribution in [0.1, 0.15) is 56.7 Å². The fraction of sp³-hybridized carbons (Fsp3) is 0.750. The summed E-state index contributed by atoms with van der Waals surface area (Å²) >= 11 is 0. The second-order valence-electron chi connectivity index (χ2n) is 7.86. The Bertz CT molecular complexity index is 733. The van der Waals surface area contributed by atoms with Gasteiger partial charge >= 0.3 is 0 Å². The van der Waals surface area contributed by atoms with Crippen LogP contribution >= 0.6 is 0 Å². The molecular formula is C20H32N6O. The zero-order chi connectivity index (χ0) is 18.5. The third kappa shape index (κ3) is 4.58. The standard InChI is InChI=1S/C20H32N6O/c1-25-20-17(15-22-25)19(23-18(24-20)16-7-3-4-8-16)21-9-5-2-6-10-26-11-13-27-14-12-26/h15-16H,2-14H2,1H3,(H,21,23,24). The molecule has 0 bridgehead atoms. The van der Waals surface area contributed by atoms with Crippen molar-refractivity contribution in [1.82, 2.24) is 24.6 Å². The summed E-state index contributed by atoms with van der Waals surface area (Å²) in [5.74, 6) is 2.47. The molecule has 3 heterocycles. The average molecular weight is 373 g/mol. The van der Waals surface area contributed by atoms with Crippen LogP contribution in [0.3, 0.4) is 0 Å². The lowest BCUT2D eigenvalue weighted by atomic mass is 10.1. The highest BCUT2D eigenvalue weighted by Gasteiger charge is 2.22. The van der Waals surface area contributed by atoms with Crippen LogP contribution in [0, 0.1) is 0 Å². The van der Waals surface area contributed by atoms with Crippen molar-refractivity contribution in [3.63, 3.8) is 0 Å². The van der Waals surface area contributed by atoms with E-state index in [9.17, 15) is 0 Å². The molecule has 2 aliphatic rings. The van der Waals surface area contributed by atoms with Gasteiger partial charge in [0.25, 0.3) is 0 Å². The van der Waals surface area contributed by atoms with Crippen LogP contribution in [0.2, 0.25) is 0 Å². The number of anilines is 1. The van der Waals surface area contributed by atoms with Crippen LogP contribution in [0.5, 0.6) is 0 Å². The molecule has 148 valence electrons. The molecule has 1 aliphatic carbocycles. The minimum Gasteiger partial charge on any atom is -0.379 e. The SMILES string of the molecule is Cn1ncc2c(NCCCCCN3CCOCC3)nc(C3CCCC3)nc21. The van der Waals surface area contributed by atoms with Crippen LogP contribution < -0.4 is 5.32 Å². The molecular weight excluding hydrogens is 340 g/mol. The van der Waals surface area contributed by atoms with Crippen molar-refractivity contribution in [2.45, 2.75) is 50.9 Å². The van der Waals surface area contributed by atoms with Gasteiger partial charge in [0.15, 0.2) is 5.65 Å². The van der Waals surface area contributed by atoms with Gasteiger partial charge < -0.3 is 10.1 Å². The van der Waals surface area contributed by atoms with Crippen molar-refractivity contribution in [3.8, 4) is 0 Å². The van der Waals surface area contributed by atoms with Gasteiger partial charge in [-0.2, -0.15) is 5.10 Å². The summed E-state index contributed by atoms with van der Waals surface area (Å²) in [5.41, 5.74) is 0.946. The molecule has 2 aromatic rings. The Kier molecular flexibility index (Phi) is 6.19. The summed E-state index contributed by atoms with van der Waals surface area (Å²) in [7, 11) is 1.96. The van der Waals surface area contributed by atoms with E-state index in [0.717, 1.165) is 61.9 Å². The number of aromatic nitrogens is 4. The Balaban J connectivity index is 1.31. The second kappa shape index (κ2) is 8.97. The Morgan fingerprint density at radius 2 is 1.93 bits per heavy atom. The maximum absolute atomic E-state index is 5.41. The maximum Gasteiger partial charge on any atom is 0.163 e. The van der Waals surface area contributed by atoms with E-state index >= 15 is 0 Å². The Hall–Kier alpha value is -1.73. The van der Waals surface area contributed by atoms with Crippen molar-refractivity contribution in [2.24, 2.45) is 7.05 Å². The normalized spacial score (nSPS) is 19.1. The number of hydrogen-bond acceptors (Lipinski definition) is 6. The van der Waals surface area contributed by atoms with Gasteiger partial charge in [-0.3, -0.25) is 9.58 Å². The van der Waals surface area contributed by atoms with Gasteiger partial charge in [0, 0.05) is 32.6 Å². The molecule has 0 unspecified atom stereocenters. The highest BCUT2D eigenvalue weighted by Crippen LogP contribution is 2.34. The van der Waals surface area contributed by atoms with Crippen molar-refractivity contribution in [3.05, 3.63) is 12.0 Å². The molecule has 27 heavy (non-hydrogen) atoms. The monoisotopic (exact) mass is 372 g/mol. The molecule has 7 nitrogen and oxygen atoms in total. The van der Waals surface area contributed by atoms with E-state index in [2.05, 4.69) is 15.3 Å². The fourth-order valence-electron chi connectivity index (χ4n) is 4.21. The van der Waals surface area contributed by atoms with Gasteiger partial charge in [0.2, 0.25) is 0 Å². The zero-order valence-corrected chi connectivity index (χ0v) is 16.5. The van der Waals surface area contributed by atoms with E-state index in [4.69, 9.17) is 14.7 Å². The lowest BCUT2D eigenvalue weighted by molar-refractivity contribution is 0.0372. The summed E-state index contributed by atoms with van der Waals surface area (Å²) < 4.78 is 7.27. The van der Waals surface area contributed by atoms with Gasteiger partial charge in [-0.1, -0.05) is 19.3 Å². The van der Waals surface area contributed by atoms with E-state index in [1.807, 2.05) is 17.9 Å². The highest BCUT2D eigenvalue weighted by molar-refractivity contribution is 5.86. The fourth-order valence-corrected chi connectivity index (χ4v) is 4.21. The molecule has 7 heteroatoms. The smallest absolute Gasteiger partial charge is 0.163 e. The molecule has 1 saturated heterocycles. The number of fused-ring (bicyclic) bond motifs is 1. The first-order chi connectivity index (χ1) is 13.3. The summed E-state index contributed by atoms with van der Waals surface area (Å²) in [4.78, 5) is 12.2. The first-order valence-electron chi connectivity index (χ1n) is 10.5. The van der Waals surface area contributed by atoms with Gasteiger partial charge in [-0.25, -0.2) is 9.97 Å². The number of nitrogens with zero attached hydrogens (tertiary/aromatic N) is 5. The Labute approximate surface area is 161 Å². The van der Waals surface area contributed by atoms with Gasteiger partial charge in [-0.05, 0) is 32.2 Å². The molecule has 2 aromatic heterocycles. The number of unbranched alkanes of at least 4 members (excludes halogenated alkanes) is 2. The minimum absolute atomic E-state index is 0.512. The number of ether oxygens (including phenoxy) is 1. The first kappa shape index (κ1) is 18.6. The predicted octanol–water partition coefficient (Wildman–Crippen LogP) is 2.94. The van der Waals surface area contributed by atoms with E-state index in [0.29, 0.717) is 5.92 Å². The molecule has 0 aromatic carbocycles. The summed E-state index contributed by atoms with van der Waals surface area (Å²) in [6.45, 7) is 6.09. The maximum atomic E-state index is 5.41. The second-order valence-corrected chi connectivity index (χ2v) is 7.86. The summed E-state index contributed by atoms with van der Waals surface area (Å²) in [6, 6.07) is 0. The number of hydrogen-bond donors (Lipinski definition) is 1. The van der Waals surface area contributed by atoms with Crippen molar-refractivity contribution in [1.29, 1.82) is 0 Å². The lowest BCUT2D eigenvalue weighted by Crippen LogP contribution is -2.36. The predicted molar refractivity (Wildman–Crippen MR) is 107 cm³/mol. The number of rotatable bonds is 8. The zero-order valence-electron chi connectivity index (χ0n) is 16.5. The third-order valence-electron chi connectivity index (χ3n) is 5.88. The molecule has 0 spiro atoms. The quantitative estimate of drug-likeness (QED) is 0.719. The van der Waals surface area contributed by atoms with E-state index in [1.165, 1.54) is 45.1 Å². The van der Waals surface area contributed by atoms with Gasteiger partial charge in [0.1, 0.15) is 11.6 Å². The highest BCUT2D eigenvalue weighted by atomic mass is 16.5. The van der Waals surface area contributed by atoms with Crippen LogP contribution in [0.25, 0.3) is 11.0 Å². The lowest BCUT2D eigenvalue weighted by Gasteiger charge is -2.26. The minimum atomic E-state index is 0.512. The average Bonchev–Trinajstić information content (AvgIpc) is 3.36. The first-order valence-corrected chi connectivity index (χ1v) is 10.5. The van der Waals surface area contributed by atoms with Gasteiger partial charge in [-0.15, -0.1) is 0 Å². The number of aryl methyl sites for hydroxylation is 1. The van der Waals surface area contributed by atoms with Crippen molar-refractivity contribution >= 4 is 16.9 Å². The molecule has 0 amide bonds. The third-order valence-corrected chi connectivity index (χ3v) is 5.88. The van der Waals surface area contributed by atoms with E-state index in [1.54, 1.807) is 0 Å². The van der Waals surface area contributed by atoms with Crippen LogP contribution in [-0.2, 0) is 11.8 Å². The van der Waals surface area contributed by atoms with Crippen LogP contribution in [-0.4, -0.2) is 64.0 Å². The molecule has 2 fully saturated rings. The molecule has 4 rings (SSSR count). The largest absolute Gasteiger partial charge is 0.379 e. The molecule has 1 saturated carbocycles. The molecule has 1 N–H and O–H groups in total. The Morgan fingerprint density at radius 1 is 1.11 bits per heavy atom. The number of nitrogens with one attached hydrogen (secondary N) is 1.